The maximum absolute atomic E-state index is 7.45. The topological polar surface area (TPSA) is 90.5 Å². The number of nitrogens with one attached hydrogen (secondary N) is 2. The molecule has 5 nitrogen and oxygen atoms in total. The monoisotopic (exact) mass is 227 g/mol. The van der Waals surface area contributed by atoms with Crippen LogP contribution in [0.25, 0.3) is 0 Å². The second kappa shape index (κ2) is 23.2. The van der Waals surface area contributed by atoms with Crippen LogP contribution in [-0.4, -0.2) is 36.0 Å². The molecule has 0 aliphatic carbocycles. The first-order valence-corrected chi connectivity index (χ1v) is 6.22. The van der Waals surface area contributed by atoms with E-state index < -0.39 is 8.53 Å². The van der Waals surface area contributed by atoms with Crippen molar-refractivity contribution < 1.29 is 9.79 Å². The molecule has 0 amide bonds. The normalized spacial score (nSPS) is 8.57. The van der Waals surface area contributed by atoms with Gasteiger partial charge in [0.2, 0.25) is 8.53 Å². The molecule has 6 N–H and O–H groups in total. The Hall–Kier alpha value is 0.230. The zero-order valence-electron chi connectivity index (χ0n) is 9.75. The molecule has 0 spiro atoms. The SMILES string of the molecule is CCNCC.CCNCC.NP(O)O. The summed E-state index contributed by atoms with van der Waals surface area (Å²) in [6, 6.07) is 0. The fourth-order valence-corrected chi connectivity index (χ4v) is 0.500. The van der Waals surface area contributed by atoms with Gasteiger partial charge in [0.1, 0.15) is 0 Å². The third-order valence-corrected chi connectivity index (χ3v) is 1.000. The molecule has 0 rings (SSSR count). The summed E-state index contributed by atoms with van der Waals surface area (Å²) in [5.41, 5.74) is 4.29. The second-order valence-corrected chi connectivity index (χ2v) is 2.88. The van der Waals surface area contributed by atoms with Crippen molar-refractivity contribution in [3.63, 3.8) is 0 Å². The van der Waals surface area contributed by atoms with E-state index in [9.17, 15) is 0 Å². The lowest BCUT2D eigenvalue weighted by Gasteiger charge is -1.86. The molecule has 0 fully saturated rings. The summed E-state index contributed by atoms with van der Waals surface area (Å²) < 4.78 is 0. The van der Waals surface area contributed by atoms with Crippen molar-refractivity contribution >= 4 is 8.53 Å². The van der Waals surface area contributed by atoms with E-state index in [1.165, 1.54) is 0 Å². The number of rotatable bonds is 4. The molecule has 0 aromatic heterocycles. The molecule has 0 saturated carbocycles. The Morgan fingerprint density at radius 1 is 0.857 bits per heavy atom. The molecule has 0 aliphatic rings. The van der Waals surface area contributed by atoms with Crippen LogP contribution in [0.5, 0.6) is 0 Å². The maximum Gasteiger partial charge on any atom is 0.247 e. The molecule has 0 saturated heterocycles. The van der Waals surface area contributed by atoms with Crippen LogP contribution in [0.1, 0.15) is 27.7 Å². The van der Waals surface area contributed by atoms with Gasteiger partial charge in [0, 0.05) is 0 Å². The summed E-state index contributed by atoms with van der Waals surface area (Å²) >= 11 is 0. The van der Waals surface area contributed by atoms with Gasteiger partial charge in [-0.15, -0.1) is 0 Å². The van der Waals surface area contributed by atoms with Crippen LogP contribution < -0.4 is 16.1 Å². The van der Waals surface area contributed by atoms with Gasteiger partial charge in [-0.25, -0.2) is 0 Å². The first-order valence-electron chi connectivity index (χ1n) is 4.90. The minimum Gasteiger partial charge on any atom is -0.338 e. The van der Waals surface area contributed by atoms with Gasteiger partial charge in [0.05, 0.1) is 0 Å². The van der Waals surface area contributed by atoms with Crippen LogP contribution in [0, 0.1) is 0 Å². The molecule has 0 atom stereocenters. The lowest BCUT2D eigenvalue weighted by atomic mass is 10.7. The molecule has 0 aromatic rings. The average Bonchev–Trinajstić information content (AvgIpc) is 2.07. The molecule has 90 valence electrons. The van der Waals surface area contributed by atoms with Gasteiger partial charge in [0.15, 0.2) is 0 Å². The van der Waals surface area contributed by atoms with Crippen molar-refractivity contribution in [1.82, 2.24) is 10.6 Å². The largest absolute Gasteiger partial charge is 0.338 e. The van der Waals surface area contributed by atoms with Crippen molar-refractivity contribution in [3.8, 4) is 0 Å². The second-order valence-electron chi connectivity index (χ2n) is 2.23. The summed E-state index contributed by atoms with van der Waals surface area (Å²) in [5, 5.41) is 6.22. The van der Waals surface area contributed by atoms with Crippen LogP contribution in [0.4, 0.5) is 0 Å². The van der Waals surface area contributed by atoms with Crippen molar-refractivity contribution in [2.75, 3.05) is 26.2 Å². The van der Waals surface area contributed by atoms with Gasteiger partial charge in [-0.2, -0.15) is 0 Å². The Morgan fingerprint density at radius 3 is 1.00 bits per heavy atom. The summed E-state index contributed by atoms with van der Waals surface area (Å²) in [6.45, 7) is 12.8. The van der Waals surface area contributed by atoms with Crippen molar-refractivity contribution in [1.29, 1.82) is 0 Å². The lowest BCUT2D eigenvalue weighted by Crippen LogP contribution is -2.09. The van der Waals surface area contributed by atoms with E-state index in [1.807, 2.05) is 0 Å². The van der Waals surface area contributed by atoms with Crippen LogP contribution in [-0.2, 0) is 0 Å². The van der Waals surface area contributed by atoms with Gasteiger partial charge in [-0.05, 0) is 26.2 Å². The van der Waals surface area contributed by atoms with E-state index >= 15 is 0 Å². The highest BCUT2D eigenvalue weighted by Gasteiger charge is 1.72. The highest BCUT2D eigenvalue weighted by atomic mass is 31.2. The van der Waals surface area contributed by atoms with Crippen LogP contribution in [0.15, 0.2) is 0 Å². The Balaban J connectivity index is -0.000000131. The summed E-state index contributed by atoms with van der Waals surface area (Å²) in [7, 11) is -2.12. The Bertz CT molecular complexity index is 64.9. The fourth-order valence-electron chi connectivity index (χ4n) is 0.500. The van der Waals surface area contributed by atoms with Gasteiger partial charge < -0.3 is 20.4 Å². The highest BCUT2D eigenvalue weighted by Crippen LogP contribution is 2.05. The Morgan fingerprint density at radius 2 is 1.00 bits per heavy atom. The van der Waals surface area contributed by atoms with Crippen molar-refractivity contribution in [3.05, 3.63) is 0 Å². The van der Waals surface area contributed by atoms with E-state index in [2.05, 4.69) is 43.8 Å². The zero-order chi connectivity index (χ0) is 11.8. The molecule has 0 heterocycles. The highest BCUT2D eigenvalue weighted by molar-refractivity contribution is 7.42. The summed E-state index contributed by atoms with van der Waals surface area (Å²) in [5.74, 6) is 0. The number of hydrogen-bond acceptors (Lipinski definition) is 5. The molecule has 14 heavy (non-hydrogen) atoms. The average molecular weight is 227 g/mol. The van der Waals surface area contributed by atoms with Crippen molar-refractivity contribution in [2.24, 2.45) is 5.50 Å². The van der Waals surface area contributed by atoms with E-state index in [0.717, 1.165) is 26.2 Å². The van der Waals surface area contributed by atoms with E-state index in [-0.39, 0.29) is 0 Å². The molecule has 0 aromatic carbocycles. The maximum atomic E-state index is 7.45. The molecule has 0 unspecified atom stereocenters. The van der Waals surface area contributed by atoms with Gasteiger partial charge in [-0.1, -0.05) is 27.7 Å². The van der Waals surface area contributed by atoms with E-state index in [4.69, 9.17) is 9.79 Å². The first-order chi connectivity index (χ1) is 6.56. The van der Waals surface area contributed by atoms with Gasteiger partial charge >= 0.3 is 0 Å². The minimum absolute atomic E-state index is 1.09. The van der Waals surface area contributed by atoms with Gasteiger partial charge in [-0.3, -0.25) is 5.50 Å². The van der Waals surface area contributed by atoms with E-state index in [1.54, 1.807) is 0 Å². The van der Waals surface area contributed by atoms with E-state index in [0.29, 0.717) is 0 Å². The van der Waals surface area contributed by atoms with Crippen LogP contribution in [0.2, 0.25) is 0 Å². The predicted molar refractivity (Wildman–Crippen MR) is 64.0 cm³/mol. The number of nitrogens with two attached hydrogens (primary N) is 1. The van der Waals surface area contributed by atoms with Crippen LogP contribution >= 0.6 is 8.53 Å². The summed E-state index contributed by atoms with van der Waals surface area (Å²) in [6.07, 6.45) is 0. The smallest absolute Gasteiger partial charge is 0.247 e. The number of hydrogen-bond donors (Lipinski definition) is 5. The minimum atomic E-state index is -2.12. The lowest BCUT2D eigenvalue weighted by molar-refractivity contribution is 0.485. The standard InChI is InChI=1S/2C4H11N.H4NO2P/c2*1-3-5-4-2;1-4(2)3/h2*5H,3-4H2,1-2H3;2-3H,1H2. The van der Waals surface area contributed by atoms with Gasteiger partial charge in [0.25, 0.3) is 0 Å². The molecule has 0 bridgehead atoms. The van der Waals surface area contributed by atoms with Crippen molar-refractivity contribution in [2.45, 2.75) is 27.7 Å². The molecular weight excluding hydrogens is 201 g/mol. The molecular formula is C8H26N3O2P. The third-order valence-electron chi connectivity index (χ3n) is 1.000. The molecule has 0 radical (unpaired) electrons. The predicted octanol–water partition coefficient (Wildman–Crippen LogP) is 0.388. The quantitative estimate of drug-likeness (QED) is 0.448. The molecule has 6 heteroatoms. The summed E-state index contributed by atoms with van der Waals surface area (Å²) in [4.78, 5) is 14.9. The first kappa shape index (κ1) is 19.7. The third kappa shape index (κ3) is 86.2. The molecule has 0 aliphatic heterocycles. The zero-order valence-corrected chi connectivity index (χ0v) is 10.6. The van der Waals surface area contributed by atoms with Crippen LogP contribution in [0.3, 0.4) is 0 Å². The Labute approximate surface area is 89.1 Å². The Kier molecular flexibility index (Phi) is 32.8. The fraction of sp³-hybridized carbons (Fsp3) is 1.00.